The molecule has 1 N–H and O–H groups in total. The van der Waals surface area contributed by atoms with Gasteiger partial charge in [-0.1, -0.05) is 13.8 Å². The van der Waals surface area contributed by atoms with Crippen LogP contribution in [0.5, 0.6) is 0 Å². The molecule has 0 aromatic heterocycles. The molecule has 2 aliphatic rings. The van der Waals surface area contributed by atoms with Crippen LogP contribution in [0.1, 0.15) is 46.0 Å². The maximum atomic E-state index is 11.2. The number of hydrogen-bond acceptors (Lipinski definition) is 1. The molecule has 1 heterocycles. The molecule has 0 bridgehead atoms. The fraction of sp³-hybridized carbons (Fsp3) is 0.909. The summed E-state index contributed by atoms with van der Waals surface area (Å²) in [5.41, 5.74) is 0.503. The van der Waals surface area contributed by atoms with Crippen LogP contribution < -0.4 is 5.32 Å². The third-order valence-electron chi connectivity index (χ3n) is 3.60. The Bertz CT molecular complexity index is 222. The Balaban J connectivity index is 2.02. The van der Waals surface area contributed by atoms with Crippen LogP contribution in [-0.4, -0.2) is 11.9 Å². The Morgan fingerprint density at radius 2 is 2.15 bits per heavy atom. The highest BCUT2D eigenvalue weighted by molar-refractivity contribution is 5.77. The summed E-state index contributed by atoms with van der Waals surface area (Å²) in [6.45, 7) is 4.69. The second-order valence-corrected chi connectivity index (χ2v) is 5.38. The highest BCUT2D eigenvalue weighted by Crippen LogP contribution is 2.41. The van der Waals surface area contributed by atoms with Gasteiger partial charge in [0.15, 0.2) is 0 Å². The Morgan fingerprint density at radius 3 is 2.92 bits per heavy atom. The second kappa shape index (κ2) is 3.00. The highest BCUT2D eigenvalue weighted by atomic mass is 16.1. The number of amides is 1. The molecular formula is C11H19NO. The van der Waals surface area contributed by atoms with Crippen molar-refractivity contribution in [2.75, 3.05) is 0 Å². The first-order valence-electron chi connectivity index (χ1n) is 5.36. The smallest absolute Gasteiger partial charge is 0.220 e. The van der Waals surface area contributed by atoms with Crippen LogP contribution in [0.2, 0.25) is 0 Å². The summed E-state index contributed by atoms with van der Waals surface area (Å²) < 4.78 is 0. The van der Waals surface area contributed by atoms with Gasteiger partial charge in [0.1, 0.15) is 0 Å². The maximum Gasteiger partial charge on any atom is 0.220 e. The van der Waals surface area contributed by atoms with Crippen LogP contribution in [0.25, 0.3) is 0 Å². The number of piperidine rings is 1. The van der Waals surface area contributed by atoms with Crippen LogP contribution in [0.3, 0.4) is 0 Å². The molecule has 0 spiro atoms. The first-order chi connectivity index (χ1) is 6.07. The lowest BCUT2D eigenvalue weighted by Crippen LogP contribution is -2.49. The minimum Gasteiger partial charge on any atom is -0.353 e. The molecule has 0 radical (unpaired) electrons. The Labute approximate surface area is 80.1 Å². The van der Waals surface area contributed by atoms with Gasteiger partial charge in [0.25, 0.3) is 0 Å². The summed E-state index contributed by atoms with van der Waals surface area (Å²) in [5.74, 6) is 1.02. The monoisotopic (exact) mass is 181 g/mol. The molecule has 2 unspecified atom stereocenters. The van der Waals surface area contributed by atoms with Crippen molar-refractivity contribution in [1.29, 1.82) is 0 Å². The summed E-state index contributed by atoms with van der Waals surface area (Å²) in [4.78, 5) is 11.2. The van der Waals surface area contributed by atoms with Crippen molar-refractivity contribution in [3.05, 3.63) is 0 Å². The molecule has 2 heteroatoms. The quantitative estimate of drug-likeness (QED) is 0.609. The van der Waals surface area contributed by atoms with E-state index in [9.17, 15) is 4.79 Å². The van der Waals surface area contributed by atoms with Gasteiger partial charge in [-0.3, -0.25) is 4.79 Å². The number of carbonyl (C=O) groups excluding carboxylic acids is 1. The predicted molar refractivity (Wildman–Crippen MR) is 52.3 cm³/mol. The van der Waals surface area contributed by atoms with Gasteiger partial charge in [0.05, 0.1) is 0 Å². The van der Waals surface area contributed by atoms with Gasteiger partial charge in [-0.25, -0.2) is 0 Å². The van der Waals surface area contributed by atoms with Gasteiger partial charge in [-0.05, 0) is 37.0 Å². The largest absolute Gasteiger partial charge is 0.353 e. The summed E-state index contributed by atoms with van der Waals surface area (Å²) in [7, 11) is 0. The van der Waals surface area contributed by atoms with E-state index in [2.05, 4.69) is 19.2 Å². The fourth-order valence-electron chi connectivity index (χ4n) is 2.82. The topological polar surface area (TPSA) is 29.1 Å². The first kappa shape index (κ1) is 9.04. The van der Waals surface area contributed by atoms with Crippen molar-refractivity contribution in [2.24, 2.45) is 11.3 Å². The van der Waals surface area contributed by atoms with Gasteiger partial charge in [-0.2, -0.15) is 0 Å². The third-order valence-corrected chi connectivity index (χ3v) is 3.60. The zero-order valence-corrected chi connectivity index (χ0v) is 8.60. The average molecular weight is 181 g/mol. The molecule has 2 nitrogen and oxygen atoms in total. The lowest BCUT2D eigenvalue weighted by molar-refractivity contribution is -0.125. The molecule has 74 valence electrons. The van der Waals surface area contributed by atoms with E-state index < -0.39 is 0 Å². The van der Waals surface area contributed by atoms with Crippen molar-refractivity contribution in [3.63, 3.8) is 0 Å². The van der Waals surface area contributed by atoms with Crippen LogP contribution in [0.4, 0.5) is 0 Å². The van der Waals surface area contributed by atoms with Gasteiger partial charge in [0, 0.05) is 12.5 Å². The molecule has 2 atom stereocenters. The number of rotatable bonds is 0. The van der Waals surface area contributed by atoms with E-state index in [0.717, 1.165) is 18.8 Å². The van der Waals surface area contributed by atoms with E-state index in [0.29, 0.717) is 11.5 Å². The third kappa shape index (κ3) is 1.87. The van der Waals surface area contributed by atoms with E-state index >= 15 is 0 Å². The van der Waals surface area contributed by atoms with E-state index in [4.69, 9.17) is 0 Å². The molecule has 1 aliphatic carbocycles. The molecule has 1 saturated carbocycles. The van der Waals surface area contributed by atoms with Crippen molar-refractivity contribution in [3.8, 4) is 0 Å². The zero-order chi connectivity index (χ0) is 9.47. The molecule has 2 fully saturated rings. The molecule has 1 amide bonds. The van der Waals surface area contributed by atoms with Crippen LogP contribution in [-0.2, 0) is 4.79 Å². The van der Waals surface area contributed by atoms with Crippen LogP contribution >= 0.6 is 0 Å². The number of hydrogen-bond donors (Lipinski definition) is 1. The number of carbonyl (C=O) groups is 1. The second-order valence-electron chi connectivity index (χ2n) is 5.38. The Hall–Kier alpha value is -0.530. The molecule has 0 aromatic carbocycles. The number of nitrogens with one attached hydrogen (secondary N) is 1. The molecular weight excluding hydrogens is 162 g/mol. The zero-order valence-electron chi connectivity index (χ0n) is 8.60. The number of fused-ring (bicyclic) bond motifs is 1. The van der Waals surface area contributed by atoms with Gasteiger partial charge in [-0.15, -0.1) is 0 Å². The summed E-state index contributed by atoms with van der Waals surface area (Å²) >= 11 is 0. The van der Waals surface area contributed by atoms with Crippen molar-refractivity contribution < 1.29 is 4.79 Å². The predicted octanol–water partition coefficient (Wildman–Crippen LogP) is 2.09. The lowest BCUT2D eigenvalue weighted by Gasteiger charge is -2.43. The molecule has 1 aliphatic heterocycles. The minimum absolute atomic E-state index is 0.265. The van der Waals surface area contributed by atoms with E-state index in [1.165, 1.54) is 19.3 Å². The molecule has 0 aromatic rings. The first-order valence-corrected chi connectivity index (χ1v) is 5.36. The molecule has 13 heavy (non-hydrogen) atoms. The van der Waals surface area contributed by atoms with Crippen LogP contribution in [0.15, 0.2) is 0 Å². The maximum absolute atomic E-state index is 11.2. The van der Waals surface area contributed by atoms with E-state index in [-0.39, 0.29) is 5.91 Å². The standard InChI is InChI=1S/C11H19NO/c1-11(2)6-5-9-8(7-11)3-4-10(13)12-9/h8-9H,3-7H2,1-2H3,(H,12,13). The average Bonchev–Trinajstić information content (AvgIpc) is 2.05. The normalized spacial score (nSPS) is 37.8. The van der Waals surface area contributed by atoms with Crippen molar-refractivity contribution in [1.82, 2.24) is 5.32 Å². The van der Waals surface area contributed by atoms with E-state index in [1.807, 2.05) is 0 Å². The van der Waals surface area contributed by atoms with Crippen molar-refractivity contribution in [2.45, 2.75) is 52.0 Å². The van der Waals surface area contributed by atoms with Crippen LogP contribution in [0, 0.1) is 11.3 Å². The lowest BCUT2D eigenvalue weighted by atomic mass is 9.67. The Morgan fingerprint density at radius 1 is 1.38 bits per heavy atom. The van der Waals surface area contributed by atoms with E-state index in [1.54, 1.807) is 0 Å². The van der Waals surface area contributed by atoms with Crippen molar-refractivity contribution >= 4 is 5.91 Å². The molecule has 2 rings (SSSR count). The highest BCUT2D eigenvalue weighted by Gasteiger charge is 2.37. The van der Waals surface area contributed by atoms with Gasteiger partial charge >= 0.3 is 0 Å². The van der Waals surface area contributed by atoms with Gasteiger partial charge in [0.2, 0.25) is 5.91 Å². The SMILES string of the molecule is CC1(C)CCC2NC(=O)CCC2C1. The fourth-order valence-corrected chi connectivity index (χ4v) is 2.82. The minimum atomic E-state index is 0.265. The summed E-state index contributed by atoms with van der Waals surface area (Å²) in [5, 5.41) is 3.12. The summed E-state index contributed by atoms with van der Waals surface area (Å²) in [6.07, 6.45) is 5.59. The Kier molecular flexibility index (Phi) is 2.09. The summed E-state index contributed by atoms with van der Waals surface area (Å²) in [6, 6.07) is 0.495. The van der Waals surface area contributed by atoms with Gasteiger partial charge < -0.3 is 5.32 Å². The molecule has 1 saturated heterocycles.